The summed E-state index contributed by atoms with van der Waals surface area (Å²) in [7, 11) is -4.58. The van der Waals surface area contributed by atoms with E-state index < -0.39 is 55.6 Å². The first-order valence-electron chi connectivity index (χ1n) is 10.1. The molecule has 3 amide bonds. The van der Waals surface area contributed by atoms with Gasteiger partial charge in [-0.15, -0.1) is 0 Å². The van der Waals surface area contributed by atoms with Crippen LogP contribution in [-0.2, 0) is 23.7 Å². The summed E-state index contributed by atoms with van der Waals surface area (Å²) in [6.07, 6.45) is 1.41. The molecule has 2 aliphatic rings. The van der Waals surface area contributed by atoms with Crippen LogP contribution in [0.25, 0.3) is 0 Å². The molecule has 0 radical (unpaired) electrons. The average Bonchev–Trinajstić information content (AvgIpc) is 3.32. The Balaban J connectivity index is 2.17. The Hall–Kier alpha value is -1.97. The molecule has 0 aromatic heterocycles. The van der Waals surface area contributed by atoms with Gasteiger partial charge in [0.25, 0.3) is 0 Å². The predicted octanol–water partition coefficient (Wildman–Crippen LogP) is -0.238. The fourth-order valence-electron chi connectivity index (χ4n) is 4.03. The fraction of sp³-hybridized carbons (Fsp3) is 0.778. The number of likely N-dealkylation sites (tertiary alicyclic amines) is 2. The van der Waals surface area contributed by atoms with Gasteiger partial charge < -0.3 is 30.0 Å². The lowest BCUT2D eigenvalue weighted by molar-refractivity contribution is -0.152. The highest BCUT2D eigenvalue weighted by molar-refractivity contribution is 7.52. The molecule has 170 valence electrons. The van der Waals surface area contributed by atoms with E-state index in [0.29, 0.717) is 45.2 Å². The van der Waals surface area contributed by atoms with E-state index in [1.54, 1.807) is 6.92 Å². The van der Waals surface area contributed by atoms with Crippen LogP contribution in [0.4, 0.5) is 0 Å². The molecule has 0 spiro atoms. The summed E-state index contributed by atoms with van der Waals surface area (Å²) in [6, 6.07) is -2.73. The van der Waals surface area contributed by atoms with Crippen LogP contribution in [0.1, 0.15) is 46.0 Å². The van der Waals surface area contributed by atoms with Crippen molar-refractivity contribution in [1.29, 1.82) is 0 Å². The van der Waals surface area contributed by atoms with Crippen molar-refractivity contribution < 1.29 is 38.6 Å². The number of carbonyl (C=O) groups is 4. The lowest BCUT2D eigenvalue weighted by Crippen LogP contribution is -2.57. The molecular formula is C18H30N3O8P. The standard InChI is InChI=1S/C18H30N3O8P/c1-3-11(2)15(19-14(22)10-30(27,28)29)17(24)20-8-4-6-12(20)16(23)21-9-5-7-13(21)18(25)26/h11-13,15H,3-10H2,1-2H3,(H,19,22)(H,25,26)(H2,27,28,29)/t11-,12-,13-,15-/m0/s1. The Morgan fingerprint density at radius 1 is 1.07 bits per heavy atom. The summed E-state index contributed by atoms with van der Waals surface area (Å²) in [5, 5.41) is 11.8. The number of nitrogens with one attached hydrogen (secondary N) is 1. The van der Waals surface area contributed by atoms with Crippen LogP contribution in [0.3, 0.4) is 0 Å². The summed E-state index contributed by atoms with van der Waals surface area (Å²) in [4.78, 5) is 70.4. The van der Waals surface area contributed by atoms with Gasteiger partial charge in [0.15, 0.2) is 0 Å². The van der Waals surface area contributed by atoms with Gasteiger partial charge in [-0.05, 0) is 31.6 Å². The van der Waals surface area contributed by atoms with Crippen molar-refractivity contribution in [3.8, 4) is 0 Å². The minimum Gasteiger partial charge on any atom is -0.480 e. The van der Waals surface area contributed by atoms with E-state index in [2.05, 4.69) is 5.32 Å². The quantitative estimate of drug-likeness (QED) is 0.370. The number of aliphatic carboxylic acids is 1. The summed E-state index contributed by atoms with van der Waals surface area (Å²) in [6.45, 7) is 4.16. The number of carboxylic acids is 1. The van der Waals surface area contributed by atoms with Crippen LogP contribution >= 0.6 is 7.60 Å². The van der Waals surface area contributed by atoms with Gasteiger partial charge in [-0.3, -0.25) is 18.9 Å². The normalized spacial score (nSPS) is 23.9. The van der Waals surface area contributed by atoms with Gasteiger partial charge in [0.2, 0.25) is 17.7 Å². The Labute approximate surface area is 174 Å². The summed E-state index contributed by atoms with van der Waals surface area (Å²) >= 11 is 0. The molecule has 2 rings (SSSR count). The van der Waals surface area contributed by atoms with E-state index in [4.69, 9.17) is 9.79 Å². The van der Waals surface area contributed by atoms with E-state index >= 15 is 0 Å². The largest absolute Gasteiger partial charge is 0.480 e. The van der Waals surface area contributed by atoms with Crippen molar-refractivity contribution in [2.45, 2.75) is 64.1 Å². The van der Waals surface area contributed by atoms with Crippen molar-refractivity contribution in [1.82, 2.24) is 15.1 Å². The third-order valence-corrected chi connectivity index (χ3v) is 6.49. The third-order valence-electron chi connectivity index (χ3n) is 5.79. The first-order chi connectivity index (χ1) is 14.0. The van der Waals surface area contributed by atoms with E-state index in [9.17, 15) is 28.8 Å². The highest BCUT2D eigenvalue weighted by Gasteiger charge is 2.44. The van der Waals surface area contributed by atoms with Crippen LogP contribution in [-0.4, -0.2) is 85.8 Å². The fourth-order valence-corrected chi connectivity index (χ4v) is 4.50. The molecule has 11 nitrogen and oxygen atoms in total. The zero-order chi connectivity index (χ0) is 22.6. The molecule has 12 heteroatoms. The SMILES string of the molecule is CC[C@H](C)[C@H](NC(=O)CP(=O)(O)O)C(=O)N1CCC[C@H]1C(=O)N1CCC[C@H]1C(=O)O. The highest BCUT2D eigenvalue weighted by atomic mass is 31.2. The average molecular weight is 447 g/mol. The number of nitrogens with zero attached hydrogens (tertiary/aromatic N) is 2. The maximum atomic E-state index is 13.2. The maximum Gasteiger partial charge on any atom is 0.334 e. The molecule has 2 fully saturated rings. The van der Waals surface area contributed by atoms with E-state index in [1.165, 1.54) is 9.80 Å². The van der Waals surface area contributed by atoms with Crippen LogP contribution in [0.5, 0.6) is 0 Å². The van der Waals surface area contributed by atoms with Crippen LogP contribution in [0.15, 0.2) is 0 Å². The predicted molar refractivity (Wildman–Crippen MR) is 105 cm³/mol. The van der Waals surface area contributed by atoms with Gasteiger partial charge in [0, 0.05) is 13.1 Å². The van der Waals surface area contributed by atoms with Crippen molar-refractivity contribution in [2.24, 2.45) is 5.92 Å². The van der Waals surface area contributed by atoms with Crippen molar-refractivity contribution in [3.05, 3.63) is 0 Å². The molecule has 4 atom stereocenters. The molecule has 2 heterocycles. The Bertz CT molecular complexity index is 739. The number of carboxylic acid groups (broad SMARTS) is 1. The minimum atomic E-state index is -4.58. The third kappa shape index (κ3) is 5.80. The number of rotatable bonds is 8. The molecule has 2 aliphatic heterocycles. The molecule has 0 aliphatic carbocycles. The maximum absolute atomic E-state index is 13.2. The molecule has 0 unspecified atom stereocenters. The van der Waals surface area contributed by atoms with Crippen molar-refractivity contribution >= 4 is 31.3 Å². The lowest BCUT2D eigenvalue weighted by Gasteiger charge is -2.33. The Morgan fingerprint density at radius 3 is 2.17 bits per heavy atom. The number of hydrogen-bond donors (Lipinski definition) is 4. The smallest absolute Gasteiger partial charge is 0.334 e. The monoisotopic (exact) mass is 447 g/mol. The van der Waals surface area contributed by atoms with Gasteiger partial charge in [0.05, 0.1) is 0 Å². The van der Waals surface area contributed by atoms with Gasteiger partial charge in [-0.1, -0.05) is 20.3 Å². The molecule has 0 aromatic rings. The molecule has 30 heavy (non-hydrogen) atoms. The number of hydrogen-bond acceptors (Lipinski definition) is 5. The van der Waals surface area contributed by atoms with Crippen molar-refractivity contribution in [3.63, 3.8) is 0 Å². The molecular weight excluding hydrogens is 417 g/mol. The Kier molecular flexibility index (Phi) is 8.01. The second-order valence-corrected chi connectivity index (χ2v) is 9.62. The minimum absolute atomic E-state index is 0.294. The molecule has 0 aromatic carbocycles. The van der Waals surface area contributed by atoms with E-state index in [0.717, 1.165) is 0 Å². The van der Waals surface area contributed by atoms with Crippen LogP contribution in [0.2, 0.25) is 0 Å². The van der Waals surface area contributed by atoms with Crippen LogP contribution in [0, 0.1) is 5.92 Å². The second kappa shape index (κ2) is 9.89. The molecule has 0 bridgehead atoms. The van der Waals surface area contributed by atoms with Gasteiger partial charge in [0.1, 0.15) is 24.3 Å². The summed E-state index contributed by atoms with van der Waals surface area (Å²) in [5.41, 5.74) is 0. The highest BCUT2D eigenvalue weighted by Crippen LogP contribution is 2.33. The number of amides is 3. The number of carbonyl (C=O) groups excluding carboxylic acids is 3. The molecule has 2 saturated heterocycles. The topological polar surface area (TPSA) is 165 Å². The lowest BCUT2D eigenvalue weighted by atomic mass is 9.97. The van der Waals surface area contributed by atoms with E-state index in [1.807, 2.05) is 6.92 Å². The van der Waals surface area contributed by atoms with Gasteiger partial charge in [-0.25, -0.2) is 4.79 Å². The molecule has 0 saturated carbocycles. The zero-order valence-corrected chi connectivity index (χ0v) is 18.1. The first-order valence-corrected chi connectivity index (χ1v) is 11.9. The molecule has 4 N–H and O–H groups in total. The first kappa shape index (κ1) is 24.3. The Morgan fingerprint density at radius 2 is 1.63 bits per heavy atom. The second-order valence-electron chi connectivity index (χ2n) is 7.97. The zero-order valence-electron chi connectivity index (χ0n) is 17.2. The van der Waals surface area contributed by atoms with Gasteiger partial charge in [-0.2, -0.15) is 0 Å². The summed E-state index contributed by atoms with van der Waals surface area (Å²) < 4.78 is 11.1. The van der Waals surface area contributed by atoms with E-state index in [-0.39, 0.29) is 5.92 Å². The van der Waals surface area contributed by atoms with Gasteiger partial charge >= 0.3 is 13.6 Å². The van der Waals surface area contributed by atoms with Crippen molar-refractivity contribution in [2.75, 3.05) is 19.3 Å². The summed E-state index contributed by atoms with van der Waals surface area (Å²) in [5.74, 6) is -3.23. The van der Waals surface area contributed by atoms with Crippen LogP contribution < -0.4 is 5.32 Å².